The minimum Gasteiger partial charge on any atom is -0.299 e. The van der Waals surface area contributed by atoms with Gasteiger partial charge in [0.1, 0.15) is 5.82 Å². The van der Waals surface area contributed by atoms with E-state index in [-0.39, 0.29) is 4.90 Å². The molecule has 0 aliphatic carbocycles. The van der Waals surface area contributed by atoms with Crippen LogP contribution in [0, 0.1) is 18.7 Å². The van der Waals surface area contributed by atoms with Gasteiger partial charge in [-0.2, -0.15) is 0 Å². The number of aryl methyl sites for hydroxylation is 1. The number of sulfonamides is 1. The van der Waals surface area contributed by atoms with Crippen LogP contribution < -0.4 is 4.72 Å². The van der Waals surface area contributed by atoms with Crippen molar-refractivity contribution in [2.24, 2.45) is 5.92 Å². The Morgan fingerprint density at radius 1 is 1.12 bits per heavy atom. The van der Waals surface area contributed by atoms with Gasteiger partial charge < -0.3 is 0 Å². The molecule has 1 aliphatic rings. The van der Waals surface area contributed by atoms with Gasteiger partial charge in [0.15, 0.2) is 0 Å². The topological polar surface area (TPSA) is 49.4 Å². The molecule has 1 aliphatic heterocycles. The van der Waals surface area contributed by atoms with E-state index in [0.717, 1.165) is 32.5 Å². The van der Waals surface area contributed by atoms with E-state index >= 15 is 0 Å². The number of hydrogen-bond acceptors (Lipinski definition) is 3. The van der Waals surface area contributed by atoms with Crippen LogP contribution in [0.4, 0.5) is 4.39 Å². The van der Waals surface area contributed by atoms with Crippen LogP contribution in [0.25, 0.3) is 0 Å². The van der Waals surface area contributed by atoms with Crippen LogP contribution in [0.5, 0.6) is 0 Å². The predicted octanol–water partition coefficient (Wildman–Crippen LogP) is 3.32. The van der Waals surface area contributed by atoms with Crippen LogP contribution in [0.1, 0.15) is 24.0 Å². The number of benzene rings is 2. The summed E-state index contributed by atoms with van der Waals surface area (Å²) in [5.41, 5.74) is 1.73. The maximum absolute atomic E-state index is 13.2. The summed E-state index contributed by atoms with van der Waals surface area (Å²) in [4.78, 5) is 2.56. The van der Waals surface area contributed by atoms with Crippen molar-refractivity contribution in [3.8, 4) is 0 Å². The molecule has 0 aromatic heterocycles. The smallest absolute Gasteiger partial charge is 0.240 e. The van der Waals surface area contributed by atoms with Crippen LogP contribution in [-0.4, -0.2) is 33.0 Å². The highest BCUT2D eigenvalue weighted by molar-refractivity contribution is 7.89. The lowest BCUT2D eigenvalue weighted by Gasteiger charge is -2.32. The number of piperidine rings is 1. The van der Waals surface area contributed by atoms with E-state index in [4.69, 9.17) is 0 Å². The van der Waals surface area contributed by atoms with Gasteiger partial charge in [-0.1, -0.05) is 30.3 Å². The lowest BCUT2D eigenvalue weighted by atomic mass is 9.97. The average molecular weight is 376 g/mol. The second kappa shape index (κ2) is 8.29. The molecule has 0 bridgehead atoms. The van der Waals surface area contributed by atoms with Crippen molar-refractivity contribution < 1.29 is 12.8 Å². The fourth-order valence-electron chi connectivity index (χ4n) is 3.41. The molecule has 2 aromatic rings. The van der Waals surface area contributed by atoms with Crippen molar-refractivity contribution >= 4 is 10.0 Å². The Balaban J connectivity index is 1.50. The Morgan fingerprint density at radius 2 is 1.81 bits per heavy atom. The van der Waals surface area contributed by atoms with Crippen LogP contribution in [0.15, 0.2) is 53.4 Å². The molecular weight excluding hydrogens is 351 g/mol. The Morgan fingerprint density at radius 3 is 2.46 bits per heavy atom. The first kappa shape index (κ1) is 19.0. The van der Waals surface area contributed by atoms with E-state index in [1.165, 1.54) is 23.8 Å². The summed E-state index contributed by atoms with van der Waals surface area (Å²) in [7, 11) is -3.60. The van der Waals surface area contributed by atoms with Gasteiger partial charge in [0.05, 0.1) is 4.90 Å². The second-order valence-corrected chi connectivity index (χ2v) is 8.70. The Hall–Kier alpha value is -1.76. The molecule has 0 radical (unpaired) electrons. The lowest BCUT2D eigenvalue weighted by molar-refractivity contribution is 0.178. The van der Waals surface area contributed by atoms with Crippen molar-refractivity contribution in [1.29, 1.82) is 0 Å². The highest BCUT2D eigenvalue weighted by atomic mass is 32.2. The van der Waals surface area contributed by atoms with E-state index in [1.54, 1.807) is 6.92 Å². The maximum Gasteiger partial charge on any atom is 0.240 e. The maximum atomic E-state index is 13.2. The molecule has 0 atom stereocenters. The number of rotatable bonds is 6. The first-order valence-corrected chi connectivity index (χ1v) is 10.4. The number of nitrogens with zero attached hydrogens (tertiary/aromatic N) is 1. The molecule has 1 heterocycles. The standard InChI is InChI=1S/C20H25FN2O2S/c1-16-13-19(21)7-8-20(16)26(24,25)22-14-17-9-11-23(12-10-17)15-18-5-3-2-4-6-18/h2-8,13,17,22H,9-12,14-15H2,1H3. The zero-order valence-corrected chi connectivity index (χ0v) is 15.8. The molecule has 140 valence electrons. The van der Waals surface area contributed by atoms with E-state index in [0.29, 0.717) is 18.0 Å². The molecule has 0 amide bonds. The Kier molecular flexibility index (Phi) is 6.06. The molecule has 1 fully saturated rings. The lowest BCUT2D eigenvalue weighted by Crippen LogP contribution is -2.38. The molecule has 0 saturated carbocycles. The molecule has 0 unspecified atom stereocenters. The normalized spacial score (nSPS) is 16.7. The molecule has 2 aromatic carbocycles. The molecule has 4 nitrogen and oxygen atoms in total. The minimum atomic E-state index is -3.60. The molecule has 1 N–H and O–H groups in total. The van der Waals surface area contributed by atoms with Gasteiger partial charge >= 0.3 is 0 Å². The SMILES string of the molecule is Cc1cc(F)ccc1S(=O)(=O)NCC1CCN(Cc2ccccc2)CC1. The van der Waals surface area contributed by atoms with Crippen LogP contribution in [-0.2, 0) is 16.6 Å². The van der Waals surface area contributed by atoms with Gasteiger partial charge in [-0.05, 0) is 68.1 Å². The monoisotopic (exact) mass is 376 g/mol. The van der Waals surface area contributed by atoms with E-state index in [2.05, 4.69) is 21.8 Å². The summed E-state index contributed by atoms with van der Waals surface area (Å²) < 4.78 is 40.8. The van der Waals surface area contributed by atoms with Gasteiger partial charge in [0.2, 0.25) is 10.0 Å². The van der Waals surface area contributed by atoms with Crippen molar-refractivity contribution in [2.45, 2.75) is 31.2 Å². The zero-order valence-electron chi connectivity index (χ0n) is 15.0. The average Bonchev–Trinajstić information content (AvgIpc) is 2.62. The van der Waals surface area contributed by atoms with Gasteiger partial charge in [-0.25, -0.2) is 17.5 Å². The van der Waals surface area contributed by atoms with Crippen LogP contribution >= 0.6 is 0 Å². The van der Waals surface area contributed by atoms with Gasteiger partial charge in [0.25, 0.3) is 0 Å². The van der Waals surface area contributed by atoms with Crippen molar-refractivity contribution in [1.82, 2.24) is 9.62 Å². The van der Waals surface area contributed by atoms with Crippen molar-refractivity contribution in [2.75, 3.05) is 19.6 Å². The molecule has 3 rings (SSSR count). The Bertz CT molecular complexity index is 832. The summed E-state index contributed by atoms with van der Waals surface area (Å²) >= 11 is 0. The van der Waals surface area contributed by atoms with Gasteiger partial charge in [-0.15, -0.1) is 0 Å². The summed E-state index contributed by atoms with van der Waals surface area (Å²) in [6, 6.07) is 14.1. The third-order valence-corrected chi connectivity index (χ3v) is 6.53. The number of halogens is 1. The van der Waals surface area contributed by atoms with Crippen LogP contribution in [0.2, 0.25) is 0 Å². The minimum absolute atomic E-state index is 0.153. The molecule has 26 heavy (non-hydrogen) atoms. The summed E-state index contributed by atoms with van der Waals surface area (Å²) in [6.07, 6.45) is 1.94. The van der Waals surface area contributed by atoms with Crippen molar-refractivity contribution in [3.63, 3.8) is 0 Å². The Labute approximate surface area is 155 Å². The quantitative estimate of drug-likeness (QED) is 0.841. The molecule has 6 heteroatoms. The molecule has 1 saturated heterocycles. The first-order chi connectivity index (χ1) is 12.4. The molecule has 0 spiro atoms. The highest BCUT2D eigenvalue weighted by Gasteiger charge is 2.23. The third kappa shape index (κ3) is 4.90. The predicted molar refractivity (Wildman–Crippen MR) is 101 cm³/mol. The first-order valence-electron chi connectivity index (χ1n) is 8.96. The number of hydrogen-bond donors (Lipinski definition) is 1. The fraction of sp³-hybridized carbons (Fsp3) is 0.400. The largest absolute Gasteiger partial charge is 0.299 e. The summed E-state index contributed by atoms with van der Waals surface area (Å²) in [5.74, 6) is -0.0928. The number of nitrogens with one attached hydrogen (secondary N) is 1. The second-order valence-electron chi connectivity index (χ2n) is 6.97. The van der Waals surface area contributed by atoms with E-state index in [9.17, 15) is 12.8 Å². The summed E-state index contributed by atoms with van der Waals surface area (Å²) in [5, 5.41) is 0. The van der Waals surface area contributed by atoms with E-state index < -0.39 is 15.8 Å². The van der Waals surface area contributed by atoms with E-state index in [1.807, 2.05) is 18.2 Å². The van der Waals surface area contributed by atoms with Gasteiger partial charge in [0, 0.05) is 13.1 Å². The third-order valence-electron chi connectivity index (χ3n) is 4.94. The highest BCUT2D eigenvalue weighted by Crippen LogP contribution is 2.20. The summed E-state index contributed by atoms with van der Waals surface area (Å²) in [6.45, 7) is 4.92. The van der Waals surface area contributed by atoms with Crippen molar-refractivity contribution in [3.05, 3.63) is 65.5 Å². The fourth-order valence-corrected chi connectivity index (χ4v) is 4.75. The van der Waals surface area contributed by atoms with Crippen LogP contribution in [0.3, 0.4) is 0 Å². The van der Waals surface area contributed by atoms with Gasteiger partial charge in [-0.3, -0.25) is 4.90 Å². The zero-order chi connectivity index (χ0) is 18.6. The molecular formula is C20H25FN2O2S. The number of likely N-dealkylation sites (tertiary alicyclic amines) is 1.